The molecule has 0 aromatic heterocycles. The Hall–Kier alpha value is 0.480. The molecule has 0 aliphatic carbocycles. The first-order chi connectivity index (χ1) is 14.6. The van der Waals surface area contributed by atoms with E-state index in [0.29, 0.717) is 12.4 Å². The topological polar surface area (TPSA) is 43.4 Å². The third-order valence-corrected chi connectivity index (χ3v) is 7.87. The van der Waals surface area contributed by atoms with E-state index in [4.69, 9.17) is 4.18 Å². The fourth-order valence-electron chi connectivity index (χ4n) is 3.47. The van der Waals surface area contributed by atoms with Gasteiger partial charge in [-0.3, -0.25) is 4.18 Å². The van der Waals surface area contributed by atoms with Crippen molar-refractivity contribution in [2.24, 2.45) is 0 Å². The molecule has 3 nitrogen and oxygen atoms in total. The molecule has 31 heavy (non-hydrogen) atoms. The number of benzene rings is 1. The molecule has 0 fully saturated rings. The maximum atomic E-state index is 11.9. The van der Waals surface area contributed by atoms with Gasteiger partial charge >= 0.3 is 29.6 Å². The summed E-state index contributed by atoms with van der Waals surface area (Å²) in [5.41, 5.74) is 1.23. The van der Waals surface area contributed by atoms with E-state index in [1.54, 1.807) is 11.8 Å². The van der Waals surface area contributed by atoms with Crippen LogP contribution in [0.25, 0.3) is 0 Å². The van der Waals surface area contributed by atoms with Crippen molar-refractivity contribution in [2.45, 2.75) is 103 Å². The summed E-state index contributed by atoms with van der Waals surface area (Å²) >= 11 is 1.64. The molecule has 0 aliphatic rings. The number of rotatable bonds is 21. The van der Waals surface area contributed by atoms with E-state index in [2.05, 4.69) is 19.1 Å². The first kappa shape index (κ1) is 31.5. The third-order valence-electron chi connectivity index (χ3n) is 5.35. The Balaban J connectivity index is 0. The van der Waals surface area contributed by atoms with Gasteiger partial charge in [0.1, 0.15) is 0 Å². The first-order valence-electron chi connectivity index (χ1n) is 12.1. The Labute approximate surface area is 220 Å². The molecule has 1 rings (SSSR count). The molecule has 0 aliphatic heterocycles. The number of hydrogen-bond donors (Lipinski definition) is 0. The molecule has 1 aromatic carbocycles. The summed E-state index contributed by atoms with van der Waals surface area (Å²) in [4.78, 5) is 0. The number of hydrogen-bond acceptors (Lipinski definition) is 4. The van der Waals surface area contributed by atoms with Gasteiger partial charge in [0.2, 0.25) is 0 Å². The summed E-state index contributed by atoms with van der Waals surface area (Å²) in [5.74, 6) is 1.52. The predicted octanol–water partition coefficient (Wildman–Crippen LogP) is 4.86. The van der Waals surface area contributed by atoms with Crippen LogP contribution in [-0.4, -0.2) is 26.5 Å². The molecule has 6 heteroatoms. The minimum Gasteiger partial charge on any atom is -1.00 e. The Morgan fingerprint density at radius 2 is 1.26 bits per heavy atom. The van der Waals surface area contributed by atoms with Gasteiger partial charge < -0.3 is 1.43 Å². The Morgan fingerprint density at radius 3 is 1.77 bits per heavy atom. The van der Waals surface area contributed by atoms with Crippen molar-refractivity contribution in [3.8, 4) is 0 Å². The van der Waals surface area contributed by atoms with Gasteiger partial charge in [0.25, 0.3) is 10.1 Å². The fraction of sp³-hybridized carbons (Fsp3) is 0.760. The molecule has 0 saturated heterocycles. The summed E-state index contributed by atoms with van der Waals surface area (Å²) in [7, 11) is -3.37. The standard InChI is InChI=1S/C25H44O3S2.Na.H/c1-2-3-4-5-6-7-8-9-10-11-12-13-14-18-21-28-30(26,27)23-22-29-24-25-19-16-15-17-20-25;;/h15-17,19-20H,2-14,18,21-24H2,1H3;;/q;+1;-1. The van der Waals surface area contributed by atoms with Gasteiger partial charge in [0, 0.05) is 11.5 Å². The van der Waals surface area contributed by atoms with Crippen LogP contribution in [0.3, 0.4) is 0 Å². The number of unbranched alkanes of at least 4 members (excludes halogenated alkanes) is 13. The van der Waals surface area contributed by atoms with Crippen LogP contribution >= 0.6 is 11.8 Å². The molecule has 0 spiro atoms. The zero-order valence-electron chi connectivity index (χ0n) is 21.2. The van der Waals surface area contributed by atoms with E-state index < -0.39 is 10.1 Å². The monoisotopic (exact) mass is 480 g/mol. The largest absolute Gasteiger partial charge is 1.00 e. The second kappa shape index (κ2) is 22.3. The van der Waals surface area contributed by atoms with Crippen molar-refractivity contribution >= 4 is 21.9 Å². The SMILES string of the molecule is CCCCCCCCCCCCCCCCOS(=O)(=O)CCSCc1ccccc1.[H-].[Na+]. The fourth-order valence-corrected chi connectivity index (χ4v) is 5.82. The predicted molar refractivity (Wildman–Crippen MR) is 134 cm³/mol. The van der Waals surface area contributed by atoms with Gasteiger partial charge in [0.15, 0.2) is 0 Å². The Kier molecular flexibility index (Phi) is 22.6. The van der Waals surface area contributed by atoms with Crippen molar-refractivity contribution in [1.29, 1.82) is 0 Å². The molecule has 0 radical (unpaired) electrons. The smallest absolute Gasteiger partial charge is 1.00 e. The van der Waals surface area contributed by atoms with E-state index in [9.17, 15) is 8.42 Å². The summed E-state index contributed by atoms with van der Waals surface area (Å²) in [6.45, 7) is 2.60. The van der Waals surface area contributed by atoms with Gasteiger partial charge in [-0.05, 0) is 12.0 Å². The van der Waals surface area contributed by atoms with Crippen LogP contribution < -0.4 is 29.6 Å². The molecule has 0 saturated carbocycles. The second-order valence-corrected chi connectivity index (χ2v) is 11.1. The van der Waals surface area contributed by atoms with Crippen LogP contribution in [0.2, 0.25) is 0 Å². The molecule has 0 heterocycles. The number of thioether (sulfide) groups is 1. The molecule has 0 bridgehead atoms. The second-order valence-electron chi connectivity index (χ2n) is 8.22. The normalized spacial score (nSPS) is 11.4. The van der Waals surface area contributed by atoms with Crippen LogP contribution in [0.1, 0.15) is 104 Å². The molecule has 0 atom stereocenters. The maximum absolute atomic E-state index is 11.9. The van der Waals surface area contributed by atoms with Crippen LogP contribution in [0.4, 0.5) is 0 Å². The van der Waals surface area contributed by atoms with E-state index >= 15 is 0 Å². The maximum Gasteiger partial charge on any atom is 1.00 e. The van der Waals surface area contributed by atoms with Crippen molar-refractivity contribution in [1.82, 2.24) is 0 Å². The molecule has 0 N–H and O–H groups in total. The quantitative estimate of drug-likeness (QED) is 0.143. The first-order valence-corrected chi connectivity index (χ1v) is 14.9. The van der Waals surface area contributed by atoms with Gasteiger partial charge in [-0.1, -0.05) is 121 Å². The summed E-state index contributed by atoms with van der Waals surface area (Å²) < 4.78 is 29.0. The van der Waals surface area contributed by atoms with Gasteiger partial charge in [-0.15, -0.1) is 0 Å². The summed E-state index contributed by atoms with van der Waals surface area (Å²) in [6.07, 6.45) is 18.1. The van der Waals surface area contributed by atoms with Crippen LogP contribution in [0, 0.1) is 0 Å². The van der Waals surface area contributed by atoms with E-state index in [-0.39, 0.29) is 36.7 Å². The third kappa shape index (κ3) is 20.8. The van der Waals surface area contributed by atoms with Crippen LogP contribution in [0.5, 0.6) is 0 Å². The molecule has 0 unspecified atom stereocenters. The summed E-state index contributed by atoms with van der Waals surface area (Å²) in [5, 5.41) is 0. The molecular formula is C25H45NaO3S2. The van der Waals surface area contributed by atoms with Gasteiger partial charge in [0.05, 0.1) is 12.4 Å². The average Bonchev–Trinajstić information content (AvgIpc) is 2.75. The average molecular weight is 481 g/mol. The van der Waals surface area contributed by atoms with Crippen molar-refractivity contribution in [3.63, 3.8) is 0 Å². The Morgan fingerprint density at radius 1 is 0.774 bits per heavy atom. The minimum atomic E-state index is -3.37. The van der Waals surface area contributed by atoms with E-state index in [1.807, 2.05) is 18.2 Å². The van der Waals surface area contributed by atoms with Gasteiger partial charge in [-0.25, -0.2) is 0 Å². The van der Waals surface area contributed by atoms with Crippen LogP contribution in [-0.2, 0) is 20.1 Å². The van der Waals surface area contributed by atoms with Crippen molar-refractivity contribution in [3.05, 3.63) is 35.9 Å². The zero-order chi connectivity index (χ0) is 21.8. The Bertz CT molecular complexity index is 600. The van der Waals surface area contributed by atoms with E-state index in [0.717, 1.165) is 18.6 Å². The van der Waals surface area contributed by atoms with Crippen molar-refractivity contribution < 1.29 is 43.6 Å². The van der Waals surface area contributed by atoms with Crippen LogP contribution in [0.15, 0.2) is 30.3 Å². The zero-order valence-corrected chi connectivity index (χ0v) is 23.8. The van der Waals surface area contributed by atoms with Gasteiger partial charge in [-0.2, -0.15) is 20.2 Å². The van der Waals surface area contributed by atoms with Crippen molar-refractivity contribution in [2.75, 3.05) is 18.1 Å². The van der Waals surface area contributed by atoms with E-state index in [1.165, 1.54) is 82.6 Å². The molecular weight excluding hydrogens is 435 g/mol. The minimum absolute atomic E-state index is 0. The molecule has 0 amide bonds. The molecule has 1 aromatic rings. The summed E-state index contributed by atoms with van der Waals surface area (Å²) in [6, 6.07) is 10.1. The molecule has 176 valence electrons.